The lowest BCUT2D eigenvalue weighted by molar-refractivity contribution is -0.137. The summed E-state index contributed by atoms with van der Waals surface area (Å²) in [6, 6.07) is 20.2. The van der Waals surface area contributed by atoms with Crippen LogP contribution >= 0.6 is 12.8 Å². The number of carboxylic acid groups (broad SMARTS) is 1. The molecule has 0 bridgehead atoms. The van der Waals surface area contributed by atoms with Crippen molar-refractivity contribution in [3.05, 3.63) is 83.7 Å². The molecule has 1 aliphatic carbocycles. The van der Waals surface area contributed by atoms with Crippen LogP contribution in [0, 0.1) is 12.8 Å². The first kappa shape index (κ1) is 34.0. The number of hydrogen-bond donors (Lipinski definition) is 4. The van der Waals surface area contributed by atoms with E-state index >= 15 is 0 Å². The summed E-state index contributed by atoms with van der Waals surface area (Å²) in [6.07, 6.45) is 0.0218. The second kappa shape index (κ2) is 16.3. The summed E-state index contributed by atoms with van der Waals surface area (Å²) in [5.74, 6) is 2.30. The normalized spacial score (nSPS) is 16.4. The first-order valence-electron chi connectivity index (χ1n) is 14.1. The summed E-state index contributed by atoms with van der Waals surface area (Å²) in [4.78, 5) is 13.1. The van der Waals surface area contributed by atoms with Gasteiger partial charge in [0.2, 0.25) is 0 Å². The molecule has 232 valence electrons. The minimum absolute atomic E-state index is 0.250. The molecule has 0 amide bonds. The van der Waals surface area contributed by atoms with E-state index < -0.39 is 11.7 Å². The number of benzene rings is 3. The van der Waals surface area contributed by atoms with E-state index in [1.54, 1.807) is 7.05 Å². The van der Waals surface area contributed by atoms with Gasteiger partial charge < -0.3 is 20.1 Å². The molecule has 3 aromatic carbocycles. The third-order valence-corrected chi connectivity index (χ3v) is 7.46. The first-order chi connectivity index (χ1) is 20.6. The number of nitrogens with zero attached hydrogens (tertiary/aromatic N) is 2. The van der Waals surface area contributed by atoms with Crippen molar-refractivity contribution in [2.75, 3.05) is 20.2 Å². The highest BCUT2D eigenvalue weighted by molar-refractivity contribution is 7.78. The standard InChI is InChI=1S/C30H32F3N3O.CH5NS.CH2O2/c1-20-35-28-18-25(9-14-29(28)36(20)16-15-34)23-7-5-22(6-8-23)24-4-2-3-21(17-24)19-37-27-12-10-26(11-13-27)30(31,32)33;1-2-3;2-1-3/h5-14,18,21,24H,2-4,15-17,19,34H2,1H3;2-3H,1H3;1H,(H,2,3). The summed E-state index contributed by atoms with van der Waals surface area (Å²) >= 11 is 3.54. The van der Waals surface area contributed by atoms with Crippen molar-refractivity contribution in [3.63, 3.8) is 0 Å². The molecule has 0 spiro atoms. The van der Waals surface area contributed by atoms with Crippen LogP contribution in [0.15, 0.2) is 66.7 Å². The SMILES string of the molecule is CNS.Cc1nc2cc(-c3ccc(C4CCCC(COc5ccc(C(F)(F)F)cc5)C4)cc3)ccc2n1CCN.O=CO. The molecule has 1 aliphatic rings. The molecule has 11 heteroatoms. The quantitative estimate of drug-likeness (QED) is 0.131. The number of halogens is 3. The van der Waals surface area contributed by atoms with Gasteiger partial charge >= 0.3 is 6.18 Å². The Kier molecular flexibility index (Phi) is 12.9. The van der Waals surface area contributed by atoms with Crippen molar-refractivity contribution < 1.29 is 27.8 Å². The fourth-order valence-electron chi connectivity index (χ4n) is 5.49. The topological polar surface area (TPSA) is 102 Å². The van der Waals surface area contributed by atoms with Crippen molar-refractivity contribution >= 4 is 30.3 Å². The summed E-state index contributed by atoms with van der Waals surface area (Å²) < 4.78 is 48.8. The van der Waals surface area contributed by atoms with Crippen molar-refractivity contribution in [2.24, 2.45) is 11.7 Å². The monoisotopic (exact) mass is 616 g/mol. The van der Waals surface area contributed by atoms with Crippen LogP contribution in [0.5, 0.6) is 5.75 Å². The molecule has 0 aliphatic heterocycles. The van der Waals surface area contributed by atoms with Crippen molar-refractivity contribution in [1.29, 1.82) is 0 Å². The van der Waals surface area contributed by atoms with Gasteiger partial charge in [0.15, 0.2) is 0 Å². The van der Waals surface area contributed by atoms with Gasteiger partial charge in [-0.25, -0.2) is 4.98 Å². The molecule has 4 aromatic rings. The number of imidazole rings is 1. The van der Waals surface area contributed by atoms with E-state index in [1.807, 2.05) is 6.92 Å². The van der Waals surface area contributed by atoms with Gasteiger partial charge in [-0.05, 0) is 98.2 Å². The Morgan fingerprint density at radius 2 is 1.72 bits per heavy atom. The van der Waals surface area contributed by atoms with Crippen LogP contribution in [0.1, 0.15) is 48.6 Å². The summed E-state index contributed by atoms with van der Waals surface area (Å²) in [6.45, 7) is 3.62. The average molecular weight is 617 g/mol. The number of aryl methyl sites for hydroxylation is 1. The number of ether oxygens (including phenoxy) is 1. The highest BCUT2D eigenvalue weighted by Gasteiger charge is 2.30. The highest BCUT2D eigenvalue weighted by atomic mass is 32.1. The zero-order valence-electron chi connectivity index (χ0n) is 24.3. The zero-order chi connectivity index (χ0) is 31.4. The molecule has 5 rings (SSSR count). The minimum Gasteiger partial charge on any atom is -0.493 e. The summed E-state index contributed by atoms with van der Waals surface area (Å²) in [5, 5.41) is 6.89. The second-order valence-corrected chi connectivity index (χ2v) is 10.8. The molecule has 1 fully saturated rings. The molecule has 2 unspecified atom stereocenters. The lowest BCUT2D eigenvalue weighted by Crippen LogP contribution is -2.20. The van der Waals surface area contributed by atoms with E-state index in [9.17, 15) is 13.2 Å². The van der Waals surface area contributed by atoms with Gasteiger partial charge in [0.1, 0.15) is 11.6 Å². The number of aromatic nitrogens is 2. The van der Waals surface area contributed by atoms with Crippen LogP contribution < -0.4 is 15.2 Å². The molecule has 1 saturated carbocycles. The van der Waals surface area contributed by atoms with Crippen LogP contribution in [0.2, 0.25) is 0 Å². The number of carbonyl (C=O) groups is 1. The van der Waals surface area contributed by atoms with Gasteiger partial charge in [-0.2, -0.15) is 13.2 Å². The van der Waals surface area contributed by atoms with Crippen LogP contribution in [0.3, 0.4) is 0 Å². The highest BCUT2D eigenvalue weighted by Crippen LogP contribution is 2.38. The van der Waals surface area contributed by atoms with Crippen LogP contribution in [0.4, 0.5) is 13.2 Å². The Hall–Kier alpha value is -3.54. The molecule has 4 N–H and O–H groups in total. The summed E-state index contributed by atoms with van der Waals surface area (Å²) in [5.41, 5.74) is 10.8. The Labute approximate surface area is 255 Å². The third kappa shape index (κ3) is 9.47. The van der Waals surface area contributed by atoms with E-state index in [0.717, 1.165) is 72.3 Å². The number of alkyl halides is 3. The number of nitrogens with two attached hydrogens (primary N) is 1. The van der Waals surface area contributed by atoms with Crippen LogP contribution in [-0.4, -0.2) is 41.3 Å². The fourth-order valence-corrected chi connectivity index (χ4v) is 5.49. The van der Waals surface area contributed by atoms with E-state index in [2.05, 4.69) is 64.6 Å². The molecule has 1 heterocycles. The molecule has 2 atom stereocenters. The fraction of sp³-hybridized carbons (Fsp3) is 0.375. The molecule has 7 nitrogen and oxygen atoms in total. The Morgan fingerprint density at radius 3 is 2.33 bits per heavy atom. The molecule has 0 saturated heterocycles. The van der Waals surface area contributed by atoms with E-state index in [1.165, 1.54) is 17.7 Å². The molecule has 0 radical (unpaired) electrons. The Bertz CT molecular complexity index is 1430. The predicted molar refractivity (Wildman–Crippen MR) is 167 cm³/mol. The Balaban J connectivity index is 0.000000780. The van der Waals surface area contributed by atoms with Crippen LogP contribution in [0.25, 0.3) is 22.2 Å². The van der Waals surface area contributed by atoms with Gasteiger partial charge in [0.25, 0.3) is 6.47 Å². The van der Waals surface area contributed by atoms with Gasteiger partial charge in [0, 0.05) is 13.1 Å². The van der Waals surface area contributed by atoms with Gasteiger partial charge in [0.05, 0.1) is 23.2 Å². The van der Waals surface area contributed by atoms with Crippen LogP contribution in [-0.2, 0) is 17.5 Å². The number of hydrogen-bond acceptors (Lipinski definition) is 6. The van der Waals surface area contributed by atoms with Crippen molar-refractivity contribution in [3.8, 4) is 16.9 Å². The van der Waals surface area contributed by atoms with Gasteiger partial charge in [-0.15, -0.1) is 0 Å². The number of fused-ring (bicyclic) bond motifs is 1. The van der Waals surface area contributed by atoms with Crippen molar-refractivity contribution in [1.82, 2.24) is 14.3 Å². The third-order valence-electron chi connectivity index (χ3n) is 7.46. The minimum atomic E-state index is -4.33. The maximum Gasteiger partial charge on any atom is 0.416 e. The summed E-state index contributed by atoms with van der Waals surface area (Å²) in [7, 11) is 1.74. The maximum atomic E-state index is 12.8. The number of nitrogens with one attached hydrogen (secondary N) is 1. The van der Waals surface area contributed by atoms with Gasteiger partial charge in [-0.1, -0.05) is 49.6 Å². The lowest BCUT2D eigenvalue weighted by atomic mass is 9.78. The molecular weight excluding hydrogens is 577 g/mol. The largest absolute Gasteiger partial charge is 0.493 e. The maximum absolute atomic E-state index is 12.8. The zero-order valence-corrected chi connectivity index (χ0v) is 25.2. The van der Waals surface area contributed by atoms with E-state index in [4.69, 9.17) is 25.4 Å². The second-order valence-electron chi connectivity index (χ2n) is 10.3. The van der Waals surface area contributed by atoms with E-state index in [-0.39, 0.29) is 6.47 Å². The van der Waals surface area contributed by atoms with E-state index in [0.29, 0.717) is 30.7 Å². The molecular formula is C32H39F3N4O3S. The first-order valence-corrected chi connectivity index (χ1v) is 14.6. The lowest BCUT2D eigenvalue weighted by Gasteiger charge is -2.29. The average Bonchev–Trinajstić information content (AvgIpc) is 3.31. The van der Waals surface area contributed by atoms with Crippen molar-refractivity contribution in [2.45, 2.75) is 51.2 Å². The number of thiol groups is 1. The number of rotatable bonds is 7. The Morgan fingerprint density at radius 1 is 1.09 bits per heavy atom. The molecule has 43 heavy (non-hydrogen) atoms. The molecule has 1 aromatic heterocycles. The smallest absolute Gasteiger partial charge is 0.416 e. The predicted octanol–water partition coefficient (Wildman–Crippen LogP) is 7.09. The van der Waals surface area contributed by atoms with Gasteiger partial charge in [-0.3, -0.25) is 9.52 Å².